The minimum Gasteiger partial charge on any atom is -0.496 e. The van der Waals surface area contributed by atoms with Gasteiger partial charge in [-0.3, -0.25) is 0 Å². The topological polar surface area (TPSA) is 113 Å². The molecule has 44 heavy (non-hydrogen) atoms. The summed E-state index contributed by atoms with van der Waals surface area (Å²) in [6.45, 7) is 4.05. The molecular weight excluding hydrogens is 627 g/mol. The second-order valence-corrected chi connectivity index (χ2v) is 12.4. The van der Waals surface area contributed by atoms with E-state index in [4.69, 9.17) is 25.8 Å². The molecule has 3 aromatic carbocycles. The first-order chi connectivity index (χ1) is 21.2. The average Bonchev–Trinajstić information content (AvgIpc) is 3.47. The van der Waals surface area contributed by atoms with Crippen molar-refractivity contribution in [3.63, 3.8) is 0 Å². The normalized spacial score (nSPS) is 11.1. The molecule has 0 radical (unpaired) electrons. The summed E-state index contributed by atoms with van der Waals surface area (Å²) >= 11 is 7.86. The fourth-order valence-electron chi connectivity index (χ4n) is 4.32. The Labute approximate surface area is 264 Å². The van der Waals surface area contributed by atoms with E-state index in [1.165, 1.54) is 29.8 Å². The van der Waals surface area contributed by atoms with E-state index in [9.17, 15) is 12.8 Å². The number of halogens is 2. The van der Waals surface area contributed by atoms with Crippen molar-refractivity contribution >= 4 is 60.7 Å². The summed E-state index contributed by atoms with van der Waals surface area (Å²) in [5.74, 6) is 1.36. The molecule has 0 atom stereocenters. The minimum absolute atomic E-state index is 0.0131. The molecule has 0 aliphatic heterocycles. The number of hydrogen-bond acceptors (Lipinski definition) is 10. The number of fused-ring (bicyclic) bond motifs is 1. The van der Waals surface area contributed by atoms with Crippen LogP contribution in [0.4, 0.5) is 15.9 Å². The molecule has 13 heteroatoms. The lowest BCUT2D eigenvalue weighted by molar-refractivity contribution is 0.286. The zero-order valence-electron chi connectivity index (χ0n) is 24.0. The van der Waals surface area contributed by atoms with Crippen LogP contribution < -0.4 is 14.8 Å². The molecule has 0 spiro atoms. The molecule has 2 aromatic heterocycles. The van der Waals surface area contributed by atoms with Crippen LogP contribution in [-0.4, -0.2) is 35.5 Å². The fourth-order valence-corrected chi connectivity index (χ4v) is 5.89. The molecule has 0 saturated heterocycles. The largest absolute Gasteiger partial charge is 0.496 e. The van der Waals surface area contributed by atoms with Gasteiger partial charge < -0.3 is 19.5 Å². The first-order valence-electron chi connectivity index (χ1n) is 13.5. The maximum Gasteiger partial charge on any atom is 0.240 e. The van der Waals surface area contributed by atoms with Gasteiger partial charge in [-0.15, -0.1) is 11.3 Å². The summed E-state index contributed by atoms with van der Waals surface area (Å²) in [6.07, 6.45) is 1.77. The van der Waals surface area contributed by atoms with Crippen molar-refractivity contribution in [2.45, 2.75) is 33.5 Å². The van der Waals surface area contributed by atoms with Gasteiger partial charge in [0.15, 0.2) is 5.05 Å². The van der Waals surface area contributed by atoms with Crippen molar-refractivity contribution in [2.75, 3.05) is 12.4 Å². The minimum atomic E-state index is -2.43. The van der Waals surface area contributed by atoms with E-state index in [-0.39, 0.29) is 30.0 Å². The van der Waals surface area contributed by atoms with Gasteiger partial charge in [0.2, 0.25) is 10.3 Å². The second kappa shape index (κ2) is 14.1. The summed E-state index contributed by atoms with van der Waals surface area (Å²) in [5, 5.41) is 6.87. The smallest absolute Gasteiger partial charge is 0.240 e. The first kappa shape index (κ1) is 31.3. The molecule has 0 saturated carbocycles. The molecule has 0 aliphatic rings. The molecule has 228 valence electrons. The molecule has 0 amide bonds. The molecule has 0 fully saturated rings. The van der Waals surface area contributed by atoms with Gasteiger partial charge in [0.1, 0.15) is 47.7 Å². The van der Waals surface area contributed by atoms with Gasteiger partial charge in [0.05, 0.1) is 23.3 Å². The Kier molecular flexibility index (Phi) is 10.1. The van der Waals surface area contributed by atoms with Gasteiger partial charge in [-0.1, -0.05) is 37.6 Å². The number of rotatable bonds is 11. The number of ether oxygens (including phenoxy) is 3. The molecule has 0 aliphatic carbocycles. The molecule has 0 unspecified atom stereocenters. The van der Waals surface area contributed by atoms with E-state index in [0.717, 1.165) is 0 Å². The zero-order chi connectivity index (χ0) is 31.2. The van der Waals surface area contributed by atoms with Crippen LogP contribution >= 0.6 is 22.9 Å². The third-order valence-electron chi connectivity index (χ3n) is 6.38. The summed E-state index contributed by atoms with van der Waals surface area (Å²) in [4.78, 5) is 13.5. The Hall–Kier alpha value is -4.10. The van der Waals surface area contributed by atoms with Crippen LogP contribution in [0.5, 0.6) is 11.5 Å². The maximum absolute atomic E-state index is 13.5. The summed E-state index contributed by atoms with van der Waals surface area (Å²) in [6, 6.07) is 15.1. The van der Waals surface area contributed by atoms with Crippen molar-refractivity contribution < 1.29 is 27.0 Å². The Balaban J connectivity index is 1.37. The van der Waals surface area contributed by atoms with Crippen molar-refractivity contribution in [1.82, 2.24) is 15.0 Å². The van der Waals surface area contributed by atoms with Crippen LogP contribution in [0.1, 0.15) is 30.8 Å². The highest BCUT2D eigenvalue weighted by Gasteiger charge is 2.16. The Morgan fingerprint density at radius 2 is 1.91 bits per heavy atom. The third kappa shape index (κ3) is 7.69. The van der Waals surface area contributed by atoms with Gasteiger partial charge in [-0.25, -0.2) is 19.3 Å². The lowest BCUT2D eigenvalue weighted by atomic mass is 10.1. The van der Waals surface area contributed by atoms with Crippen molar-refractivity contribution in [3.8, 4) is 22.8 Å². The molecule has 5 rings (SSSR count). The Morgan fingerprint density at radius 3 is 2.64 bits per heavy atom. The molecule has 5 aromatic rings. The van der Waals surface area contributed by atoms with E-state index in [0.29, 0.717) is 67.2 Å². The quantitative estimate of drug-likeness (QED) is 0.145. The number of thiazole rings is 1. The van der Waals surface area contributed by atoms with Crippen LogP contribution in [-0.2, 0) is 28.2 Å². The maximum atomic E-state index is 13.5. The number of methoxy groups -OCH3 is 1. The van der Waals surface area contributed by atoms with Crippen LogP contribution in [0, 0.1) is 11.7 Å². The summed E-state index contributed by atoms with van der Waals surface area (Å²) in [5.41, 5.74) is 3.35. The molecule has 2 heterocycles. The van der Waals surface area contributed by atoms with Gasteiger partial charge in [-0.05, 0) is 47.9 Å². The van der Waals surface area contributed by atoms with Crippen LogP contribution in [0.2, 0.25) is 5.02 Å². The number of anilines is 2. The zero-order valence-corrected chi connectivity index (χ0v) is 26.4. The van der Waals surface area contributed by atoms with Crippen molar-refractivity contribution in [3.05, 3.63) is 87.7 Å². The van der Waals surface area contributed by atoms with Crippen LogP contribution in [0.3, 0.4) is 0 Å². The van der Waals surface area contributed by atoms with Crippen molar-refractivity contribution in [2.24, 2.45) is 5.92 Å². The highest BCUT2D eigenvalue weighted by Crippen LogP contribution is 2.37. The Bertz CT molecular complexity index is 1940. The Morgan fingerprint density at radius 1 is 1.07 bits per heavy atom. The van der Waals surface area contributed by atoms with Gasteiger partial charge in [0, 0.05) is 34.5 Å². The number of nitrogens with one attached hydrogen (secondary N) is 1. The third-order valence-corrected chi connectivity index (χ3v) is 8.15. The summed E-state index contributed by atoms with van der Waals surface area (Å²) < 4.78 is 53.6. The highest BCUT2D eigenvalue weighted by molar-refractivity contribution is 7.72. The van der Waals surface area contributed by atoms with Gasteiger partial charge >= 0.3 is 0 Å². The number of nitrogens with zero attached hydrogens (tertiary/aromatic N) is 3. The summed E-state index contributed by atoms with van der Waals surface area (Å²) in [7, 11) is -0.860. The predicted octanol–water partition coefficient (Wildman–Crippen LogP) is 7.45. The van der Waals surface area contributed by atoms with E-state index < -0.39 is 10.3 Å². The fraction of sp³-hybridized carbons (Fsp3) is 0.226. The number of aromatic nitrogens is 3. The molecule has 1 N–H and O–H groups in total. The highest BCUT2D eigenvalue weighted by atomic mass is 35.5. The van der Waals surface area contributed by atoms with Crippen LogP contribution in [0.15, 0.2) is 66.3 Å². The number of benzene rings is 3. The van der Waals surface area contributed by atoms with E-state index in [1.807, 2.05) is 25.3 Å². The van der Waals surface area contributed by atoms with E-state index in [2.05, 4.69) is 20.3 Å². The monoisotopic (exact) mass is 654 g/mol. The SMILES string of the molecule is COc1cc2ncnc(Nc3ccc(OCc4cccc(F)c4)c(Cl)c3)c2cc1-c1csc(COC(CC(C)C)=S(=O)=O)n1. The molecule has 9 nitrogen and oxygen atoms in total. The number of hydrogen-bond donors (Lipinski definition) is 1. The van der Waals surface area contributed by atoms with E-state index in [1.54, 1.807) is 43.5 Å². The second-order valence-electron chi connectivity index (χ2n) is 10.1. The predicted molar refractivity (Wildman–Crippen MR) is 171 cm³/mol. The lowest BCUT2D eigenvalue weighted by Gasteiger charge is -2.13. The average molecular weight is 655 g/mol. The lowest BCUT2D eigenvalue weighted by Crippen LogP contribution is -2.09. The van der Waals surface area contributed by atoms with E-state index >= 15 is 0 Å². The standard InChI is InChI=1S/C31H28ClFN4O5S2/c1-18(2)9-30(44(38)39)42-15-29-37-26(16-43-29)22-12-23-25(13-28(22)40-3)34-17-35-31(23)36-21-7-8-27(24(32)11-21)41-14-19-5-4-6-20(33)10-19/h4-8,10-13,16-18H,9,14-15H2,1-3H3,(H,34,35,36). The van der Waals surface area contributed by atoms with Crippen molar-refractivity contribution in [1.29, 1.82) is 0 Å². The van der Waals surface area contributed by atoms with Crippen LogP contribution in [0.25, 0.3) is 22.2 Å². The molecule has 0 bridgehead atoms. The molecular formula is C31H28ClFN4O5S2. The van der Waals surface area contributed by atoms with Gasteiger partial charge in [-0.2, -0.15) is 8.42 Å². The first-order valence-corrected chi connectivity index (χ1v) is 15.8. The van der Waals surface area contributed by atoms with Gasteiger partial charge in [0.25, 0.3) is 0 Å².